The van der Waals surface area contributed by atoms with Crippen molar-refractivity contribution in [2.45, 2.75) is 52.9 Å². The molecule has 0 bridgehead atoms. The van der Waals surface area contributed by atoms with E-state index in [9.17, 15) is 9.59 Å². The Hall–Kier alpha value is -1.40. The van der Waals surface area contributed by atoms with Crippen LogP contribution in [0.25, 0.3) is 0 Å². The van der Waals surface area contributed by atoms with E-state index in [-0.39, 0.29) is 11.8 Å². The molecule has 1 aromatic rings. The maximum absolute atomic E-state index is 13.1. The summed E-state index contributed by atoms with van der Waals surface area (Å²) in [4.78, 5) is 33.9. The quantitative estimate of drug-likeness (QED) is 0.758. The summed E-state index contributed by atoms with van der Waals surface area (Å²) >= 11 is 1.71. The van der Waals surface area contributed by atoms with Crippen LogP contribution >= 0.6 is 11.3 Å². The number of nitrogens with zero attached hydrogens (tertiary/aromatic N) is 3. The summed E-state index contributed by atoms with van der Waals surface area (Å²) in [5.74, 6) is 1.13. The summed E-state index contributed by atoms with van der Waals surface area (Å²) in [6, 6.07) is 2.17. The molecule has 2 amide bonds. The lowest BCUT2D eigenvalue weighted by Gasteiger charge is -2.34. The molecule has 3 aliphatic rings. The molecule has 4 rings (SSSR count). The molecule has 0 N–H and O–H groups in total. The zero-order valence-corrected chi connectivity index (χ0v) is 19.0. The third-order valence-electron chi connectivity index (χ3n) is 7.00. The van der Waals surface area contributed by atoms with Crippen LogP contribution < -0.4 is 0 Å². The number of carbonyl (C=O) groups is 2. The molecule has 0 aromatic carbocycles. The first-order valence-electron chi connectivity index (χ1n) is 11.2. The second-order valence-electron chi connectivity index (χ2n) is 10.0. The van der Waals surface area contributed by atoms with Crippen LogP contribution in [0.1, 0.15) is 60.1 Å². The Morgan fingerprint density at radius 1 is 1.03 bits per heavy atom. The monoisotopic (exact) mass is 417 g/mol. The number of rotatable bonds is 3. The van der Waals surface area contributed by atoms with Crippen LogP contribution in [-0.2, 0) is 17.6 Å². The number of likely N-dealkylation sites (tertiary alicyclic amines) is 1. The van der Waals surface area contributed by atoms with Crippen LogP contribution in [0.4, 0.5) is 0 Å². The summed E-state index contributed by atoms with van der Waals surface area (Å²) < 4.78 is 0. The highest BCUT2D eigenvalue weighted by Gasteiger charge is 2.32. The van der Waals surface area contributed by atoms with Crippen molar-refractivity contribution in [1.82, 2.24) is 14.7 Å². The zero-order valence-electron chi connectivity index (χ0n) is 18.2. The predicted octanol–water partition coefficient (Wildman–Crippen LogP) is 3.28. The van der Waals surface area contributed by atoms with E-state index in [0.717, 1.165) is 69.8 Å². The minimum absolute atomic E-state index is 0.183. The molecule has 1 atom stereocenters. The third kappa shape index (κ3) is 4.69. The van der Waals surface area contributed by atoms with Gasteiger partial charge < -0.3 is 9.80 Å². The van der Waals surface area contributed by atoms with Gasteiger partial charge in [-0.3, -0.25) is 14.5 Å². The van der Waals surface area contributed by atoms with E-state index in [2.05, 4.69) is 31.7 Å². The van der Waals surface area contributed by atoms with Crippen LogP contribution in [0.15, 0.2) is 6.07 Å². The number of amides is 2. The van der Waals surface area contributed by atoms with Gasteiger partial charge >= 0.3 is 0 Å². The van der Waals surface area contributed by atoms with Crippen molar-refractivity contribution in [1.29, 1.82) is 0 Å². The van der Waals surface area contributed by atoms with Crippen LogP contribution in [0.5, 0.6) is 0 Å². The van der Waals surface area contributed by atoms with Gasteiger partial charge in [0.1, 0.15) is 0 Å². The number of carbonyl (C=O) groups excluding carboxylic acids is 2. The van der Waals surface area contributed by atoms with E-state index in [1.807, 2.05) is 9.80 Å². The Labute approximate surface area is 179 Å². The van der Waals surface area contributed by atoms with Crippen LogP contribution in [0.2, 0.25) is 0 Å². The Kier molecular flexibility index (Phi) is 6.03. The fourth-order valence-electron chi connectivity index (χ4n) is 4.89. The lowest BCUT2D eigenvalue weighted by Crippen LogP contribution is -2.51. The molecule has 0 radical (unpaired) electrons. The predicted molar refractivity (Wildman–Crippen MR) is 117 cm³/mol. The van der Waals surface area contributed by atoms with Crippen LogP contribution in [-0.4, -0.2) is 72.3 Å². The van der Waals surface area contributed by atoms with Crippen LogP contribution in [0, 0.1) is 11.3 Å². The Morgan fingerprint density at radius 3 is 2.38 bits per heavy atom. The van der Waals surface area contributed by atoms with E-state index in [1.54, 1.807) is 11.3 Å². The number of hydrogen-bond acceptors (Lipinski definition) is 4. The summed E-state index contributed by atoms with van der Waals surface area (Å²) in [7, 11) is 0. The molecule has 29 heavy (non-hydrogen) atoms. The molecule has 1 aliphatic carbocycles. The molecule has 1 unspecified atom stereocenters. The van der Waals surface area contributed by atoms with E-state index in [0.29, 0.717) is 17.9 Å². The molecule has 3 heterocycles. The summed E-state index contributed by atoms with van der Waals surface area (Å²) in [5, 5.41) is 0. The van der Waals surface area contributed by atoms with E-state index >= 15 is 0 Å². The Bertz CT molecular complexity index is 753. The van der Waals surface area contributed by atoms with Gasteiger partial charge in [-0.05, 0) is 55.1 Å². The summed E-state index contributed by atoms with van der Waals surface area (Å²) in [6.45, 7) is 12.3. The first kappa shape index (κ1) is 20.9. The molecule has 6 heteroatoms. The fourth-order valence-corrected chi connectivity index (χ4v) is 6.07. The van der Waals surface area contributed by atoms with Crippen LogP contribution in [0.3, 0.4) is 0 Å². The number of piperazine rings is 1. The minimum atomic E-state index is 0.183. The zero-order chi connectivity index (χ0) is 20.6. The largest absolute Gasteiger partial charge is 0.342 e. The lowest BCUT2D eigenvalue weighted by molar-refractivity contribution is -0.131. The molecule has 0 saturated carbocycles. The normalized spacial score (nSPS) is 23.3. The highest BCUT2D eigenvalue weighted by molar-refractivity contribution is 7.14. The number of fused-ring (bicyclic) bond motifs is 1. The van der Waals surface area contributed by atoms with Gasteiger partial charge in [-0.1, -0.05) is 20.8 Å². The van der Waals surface area contributed by atoms with Gasteiger partial charge in [0.2, 0.25) is 5.91 Å². The third-order valence-corrected chi connectivity index (χ3v) is 8.22. The topological polar surface area (TPSA) is 43.9 Å². The average molecular weight is 418 g/mol. The number of hydrogen-bond donors (Lipinski definition) is 0. The minimum Gasteiger partial charge on any atom is -0.342 e. The second kappa shape index (κ2) is 8.38. The van der Waals surface area contributed by atoms with Gasteiger partial charge in [-0.15, -0.1) is 11.3 Å². The van der Waals surface area contributed by atoms with Crippen molar-refractivity contribution < 1.29 is 9.59 Å². The maximum Gasteiger partial charge on any atom is 0.264 e. The maximum atomic E-state index is 13.1. The molecule has 1 aromatic heterocycles. The van der Waals surface area contributed by atoms with Crippen molar-refractivity contribution in [2.24, 2.45) is 11.3 Å². The SMILES string of the molecule is CC(C)(C)C1CCc2sc(C(=O)N3CCN(CC(=O)N4CCCC4)CC3)cc2C1. The van der Waals surface area contributed by atoms with Gasteiger partial charge in [0, 0.05) is 44.1 Å². The first-order valence-corrected chi connectivity index (χ1v) is 12.0. The Balaban J connectivity index is 1.31. The molecule has 2 aliphatic heterocycles. The molecule has 0 spiro atoms. The fraction of sp³-hybridized carbons (Fsp3) is 0.739. The highest BCUT2D eigenvalue weighted by atomic mass is 32.1. The van der Waals surface area contributed by atoms with Crippen molar-refractivity contribution in [3.8, 4) is 0 Å². The van der Waals surface area contributed by atoms with E-state index < -0.39 is 0 Å². The van der Waals surface area contributed by atoms with Gasteiger partial charge in [0.25, 0.3) is 5.91 Å². The van der Waals surface area contributed by atoms with Crippen molar-refractivity contribution in [3.05, 3.63) is 21.4 Å². The van der Waals surface area contributed by atoms with Gasteiger partial charge in [-0.25, -0.2) is 0 Å². The molecular weight excluding hydrogens is 382 g/mol. The standard InChI is InChI=1S/C23H35N3O2S/c1-23(2,3)18-6-7-19-17(14-18)15-20(29-19)22(28)26-12-10-24(11-13-26)16-21(27)25-8-4-5-9-25/h15,18H,4-14,16H2,1-3H3. The van der Waals surface area contributed by atoms with Gasteiger partial charge in [0.15, 0.2) is 0 Å². The highest BCUT2D eigenvalue weighted by Crippen LogP contribution is 2.40. The number of thiophene rings is 1. The van der Waals surface area contributed by atoms with E-state index in [1.165, 1.54) is 16.9 Å². The molecule has 2 fully saturated rings. The van der Waals surface area contributed by atoms with Gasteiger partial charge in [0.05, 0.1) is 11.4 Å². The average Bonchev–Trinajstić information content (AvgIpc) is 3.36. The molecule has 160 valence electrons. The summed E-state index contributed by atoms with van der Waals surface area (Å²) in [5.41, 5.74) is 1.73. The second-order valence-corrected chi connectivity index (χ2v) is 11.2. The molecule has 2 saturated heterocycles. The molecule has 5 nitrogen and oxygen atoms in total. The smallest absolute Gasteiger partial charge is 0.264 e. The molecular formula is C23H35N3O2S. The van der Waals surface area contributed by atoms with Crippen molar-refractivity contribution in [2.75, 3.05) is 45.8 Å². The Morgan fingerprint density at radius 2 is 1.72 bits per heavy atom. The first-order chi connectivity index (χ1) is 13.8. The van der Waals surface area contributed by atoms with Gasteiger partial charge in [-0.2, -0.15) is 0 Å². The summed E-state index contributed by atoms with van der Waals surface area (Å²) in [6.07, 6.45) is 5.72. The lowest BCUT2D eigenvalue weighted by atomic mass is 9.72. The number of aryl methyl sites for hydroxylation is 1. The van der Waals surface area contributed by atoms with E-state index in [4.69, 9.17) is 0 Å². The van der Waals surface area contributed by atoms with Crippen molar-refractivity contribution >= 4 is 23.2 Å². The van der Waals surface area contributed by atoms with Crippen molar-refractivity contribution in [3.63, 3.8) is 0 Å².